The van der Waals surface area contributed by atoms with Crippen molar-refractivity contribution >= 4 is 92.5 Å². The standard InChI is InChI=1S/C86H108N12O24/c1-17-120-92-36(3)43-31-50(87)72(58-46(43)26-39-30-49-64(97(14)15)70(105)61(81(90)114)78(111)86(49,117)75(108)55(39)67(58)102)118-22-23-121-93-35(2)42-27-40(32-91-33-82(4,5)6)71(57-45(42)25-38-29-48-63(96(12)13)69(104)60(80(89)113)77(110)85(48,116)74(107)54(38)66(57)101)119-34-98(16)21-20-51(94-122-83(7,8)9)41-18-19-52(99)56-44(41)24-37-28-47-62(95(10)11)68(103)59(79(88)112)76(109)84(47,115)73(106)53(37)65(56)100/h18-19,27,31,37-39,47-49,62-64,91,99-102,109-111,115-117H,17,20-26,28-30,32-34,87H2,1-16H3,(H2,88,112)(H2,89,113)(H2,90,114)/b92-36+,93-35+,94-51+/t37-,38-,39-,47-,48-,49-,62-,63-,64-,84-,85-,86-/m0/s1. The van der Waals surface area contributed by atoms with Gasteiger partial charge in [-0.05, 0) is 194 Å². The van der Waals surface area contributed by atoms with Crippen molar-refractivity contribution in [2.45, 2.75) is 154 Å². The van der Waals surface area contributed by atoms with Crippen LogP contribution in [0, 0.1) is 40.9 Å². The van der Waals surface area contributed by atoms with Crippen LogP contribution >= 0.6 is 0 Å². The zero-order valence-corrected chi connectivity index (χ0v) is 71.0. The van der Waals surface area contributed by atoms with Gasteiger partial charge in [0.15, 0.2) is 46.5 Å². The molecule has 3 aromatic carbocycles. The van der Waals surface area contributed by atoms with Crippen molar-refractivity contribution in [3.8, 4) is 17.2 Å². The number of carbonyl (C=O) groups excluding carboxylic acids is 9. The second-order valence-corrected chi connectivity index (χ2v) is 35.8. The van der Waals surface area contributed by atoms with Gasteiger partial charge in [0.2, 0.25) is 17.3 Å². The fraction of sp³-hybridized carbons (Fsp3) is 0.512. The molecule has 9 aliphatic carbocycles. The Morgan fingerprint density at radius 2 is 0.943 bits per heavy atom. The number of amides is 3. The number of hydrogen-bond donors (Lipinski definition) is 15. The summed E-state index contributed by atoms with van der Waals surface area (Å²) in [6.07, 6.45) is -0.814. The van der Waals surface area contributed by atoms with Crippen LogP contribution in [0.25, 0.3) is 17.3 Å². The molecule has 3 saturated carbocycles. The van der Waals surface area contributed by atoms with E-state index in [0.717, 1.165) is 0 Å². The first kappa shape index (κ1) is 89.9. The van der Waals surface area contributed by atoms with E-state index in [2.05, 4.69) is 20.8 Å². The minimum absolute atomic E-state index is 0.0168. The number of hydrogen-bond acceptors (Lipinski definition) is 33. The highest BCUT2D eigenvalue weighted by Gasteiger charge is 2.68. The van der Waals surface area contributed by atoms with E-state index in [1.807, 2.05) is 20.8 Å². The number of aliphatic hydroxyl groups excluding tert-OH is 6. The topological polar surface area (TPSA) is 568 Å². The minimum Gasteiger partial charge on any atom is -0.508 e. The summed E-state index contributed by atoms with van der Waals surface area (Å²) in [6, 6.07) is 2.09. The van der Waals surface area contributed by atoms with E-state index in [-0.39, 0.29) is 152 Å². The van der Waals surface area contributed by atoms with Crippen LogP contribution in [-0.4, -0.2) is 270 Å². The van der Waals surface area contributed by atoms with Crippen LogP contribution in [-0.2, 0) is 83.5 Å². The molecule has 3 fully saturated rings. The molecule has 0 heterocycles. The number of phenols is 1. The molecule has 36 heteroatoms. The van der Waals surface area contributed by atoms with E-state index >= 15 is 9.59 Å². The van der Waals surface area contributed by atoms with Gasteiger partial charge in [-0.1, -0.05) is 36.2 Å². The number of ether oxygens (including phenoxy) is 2. The monoisotopic (exact) mass is 1690 g/mol. The maximum atomic E-state index is 15.6. The van der Waals surface area contributed by atoms with Crippen molar-refractivity contribution in [1.82, 2.24) is 24.9 Å². The zero-order chi connectivity index (χ0) is 90.0. The van der Waals surface area contributed by atoms with Crippen LogP contribution in [0.3, 0.4) is 0 Å². The first-order valence-electron chi connectivity index (χ1n) is 40.1. The van der Waals surface area contributed by atoms with Gasteiger partial charge in [-0.25, -0.2) is 0 Å². The third-order valence-corrected chi connectivity index (χ3v) is 24.7. The third kappa shape index (κ3) is 14.9. The van der Waals surface area contributed by atoms with Crippen LogP contribution in [0.4, 0.5) is 5.69 Å². The number of Topliss-reactive ketones (excluding diaryl/α,β-unsaturated/α-hetero) is 6. The lowest BCUT2D eigenvalue weighted by molar-refractivity contribution is -0.155. The summed E-state index contributed by atoms with van der Waals surface area (Å²) < 4.78 is 13.3. The van der Waals surface area contributed by atoms with Gasteiger partial charge in [-0.15, -0.1) is 0 Å². The molecule has 122 heavy (non-hydrogen) atoms. The SMILES string of the molecule is CCO/N=C(\C)c1cc(N)c(OCCO/N=C(\C)c2cc(CNCC(C)(C)C)c(OCN(C)CC/C(=N\OC(C)(C)C)c3ccc(O)c4c3C[C@H]3C[C@H]5[C@H](N(C)C)C(=O)C(C(N)=O)=C(O)[C@@]5(O)C(=O)C3=C4O)c3c2C[C@H]2C[C@H]4[C@H](N(C)C)C(=O)C(C(N)=O)=C(O)[C@@]4(O)C(=O)C2=C3O)c2c1C[C@H]1C[C@H]3[C@H](N(C)C)C(=O)C(C(N)=O)=C(O)[C@@]3(O)C(=O)C1=C2O. The van der Waals surface area contributed by atoms with E-state index in [0.29, 0.717) is 51.2 Å². The van der Waals surface area contributed by atoms with Gasteiger partial charge in [-0.2, -0.15) is 0 Å². The van der Waals surface area contributed by atoms with E-state index in [9.17, 15) is 84.6 Å². The van der Waals surface area contributed by atoms with Crippen LogP contribution in [0.15, 0.2) is 90.4 Å². The summed E-state index contributed by atoms with van der Waals surface area (Å²) in [6.45, 7) is 15.9. The number of likely N-dealkylation sites (N-methyl/N-ethyl adjacent to an activating group) is 3. The Kier molecular flexibility index (Phi) is 24.1. The number of ketones is 6. The lowest BCUT2D eigenvalue weighted by atomic mass is 9.57. The summed E-state index contributed by atoms with van der Waals surface area (Å²) in [4.78, 5) is 150. The van der Waals surface area contributed by atoms with Gasteiger partial charge in [0.05, 0.1) is 57.6 Å². The number of phenolic OH excluding ortho intramolecular Hbond substituents is 1. The quantitative estimate of drug-likeness (QED) is 0.0137. The van der Waals surface area contributed by atoms with Gasteiger partial charge < -0.3 is 103 Å². The second kappa shape index (κ2) is 32.8. The number of aliphatic hydroxyl groups is 9. The van der Waals surface area contributed by atoms with Crippen LogP contribution in [0.2, 0.25) is 0 Å². The fourth-order valence-electron chi connectivity index (χ4n) is 19.4. The highest BCUT2D eigenvalue weighted by atomic mass is 16.7. The molecule has 0 spiro atoms. The molecule has 0 unspecified atom stereocenters. The molecule has 9 aliphatic rings. The van der Waals surface area contributed by atoms with Gasteiger partial charge in [0.25, 0.3) is 17.7 Å². The molecule has 0 saturated heterocycles. The van der Waals surface area contributed by atoms with E-state index in [1.165, 1.54) is 63.1 Å². The third-order valence-electron chi connectivity index (χ3n) is 24.7. The first-order chi connectivity index (χ1) is 56.9. The van der Waals surface area contributed by atoms with Gasteiger partial charge in [0, 0.05) is 82.8 Å². The number of fused-ring (bicyclic) bond motifs is 9. The average molecular weight is 1690 g/mol. The molecule has 36 nitrogen and oxygen atoms in total. The number of rotatable bonds is 26. The van der Waals surface area contributed by atoms with Crippen molar-refractivity contribution in [2.24, 2.45) is 73.6 Å². The van der Waals surface area contributed by atoms with Crippen LogP contribution < -0.4 is 37.7 Å². The molecule has 12 rings (SSSR count). The van der Waals surface area contributed by atoms with Gasteiger partial charge >= 0.3 is 0 Å². The molecule has 3 aromatic rings. The van der Waals surface area contributed by atoms with Gasteiger partial charge in [0.1, 0.15) is 88.3 Å². The Labute approximate surface area is 703 Å². The van der Waals surface area contributed by atoms with Crippen LogP contribution in [0.1, 0.15) is 144 Å². The molecule has 0 radical (unpaired) electrons. The fourth-order valence-corrected chi connectivity index (χ4v) is 19.4. The molecular formula is C86H108N12O24. The zero-order valence-electron chi connectivity index (χ0n) is 71.0. The Morgan fingerprint density at radius 1 is 0.541 bits per heavy atom. The number of aromatic hydroxyl groups is 1. The lowest BCUT2D eigenvalue weighted by Gasteiger charge is -2.50. The molecule has 12 atom stereocenters. The van der Waals surface area contributed by atoms with Crippen molar-refractivity contribution in [1.29, 1.82) is 0 Å². The summed E-state index contributed by atoms with van der Waals surface area (Å²) in [5.74, 6) is -24.0. The summed E-state index contributed by atoms with van der Waals surface area (Å²) >= 11 is 0. The minimum atomic E-state index is -2.98. The normalized spacial score (nSPS) is 26.9. The highest BCUT2D eigenvalue weighted by Crippen LogP contribution is 2.58. The van der Waals surface area contributed by atoms with E-state index in [1.54, 1.807) is 71.7 Å². The molecule has 19 N–H and O–H groups in total. The second-order valence-electron chi connectivity index (χ2n) is 35.8. The summed E-state index contributed by atoms with van der Waals surface area (Å²) in [5, 5.41) is 139. The molecular weight excluding hydrogens is 1590 g/mol. The Hall–Kier alpha value is -11.4. The summed E-state index contributed by atoms with van der Waals surface area (Å²) in [7, 11) is 10.7. The molecule has 0 bridgehead atoms. The van der Waals surface area contributed by atoms with Crippen molar-refractivity contribution in [2.75, 3.05) is 94.7 Å². The molecule has 0 aromatic heterocycles. The van der Waals surface area contributed by atoms with Crippen molar-refractivity contribution in [3.05, 3.63) is 131 Å². The number of anilines is 1. The number of nitrogen functional groups attached to an aromatic ring is 1. The lowest BCUT2D eigenvalue weighted by Crippen LogP contribution is -2.65. The van der Waals surface area contributed by atoms with Crippen LogP contribution in [0.5, 0.6) is 17.2 Å². The molecule has 656 valence electrons. The predicted octanol–water partition coefficient (Wildman–Crippen LogP) is 3.28. The van der Waals surface area contributed by atoms with Gasteiger partial charge in [-0.3, -0.25) is 62.8 Å². The predicted molar refractivity (Wildman–Crippen MR) is 443 cm³/mol. The Morgan fingerprint density at radius 3 is 1.34 bits per heavy atom. The Balaban J connectivity index is 0.910. The van der Waals surface area contributed by atoms with E-state index < -0.39 is 185 Å². The average Bonchev–Trinajstić information content (AvgIpc) is 0.705. The maximum absolute atomic E-state index is 15.6. The summed E-state index contributed by atoms with van der Waals surface area (Å²) in [5.41, 5.74) is 12.5. The number of benzene rings is 3. The number of oxime groups is 3. The number of primary amides is 3. The molecule has 0 aliphatic heterocycles. The number of nitrogens with zero attached hydrogens (tertiary/aromatic N) is 7. The first-order valence-corrected chi connectivity index (χ1v) is 40.1. The highest BCUT2D eigenvalue weighted by molar-refractivity contribution is 6.27. The van der Waals surface area contributed by atoms with Crippen molar-refractivity contribution < 1.29 is 118 Å². The number of nitrogens with one attached hydrogen (secondary N) is 1. The Bertz CT molecular complexity index is 5320. The number of carbonyl (C=O) groups is 9. The maximum Gasteiger partial charge on any atom is 0.255 e. The number of nitrogens with two attached hydrogens (primary N) is 4. The molecule has 3 amide bonds. The van der Waals surface area contributed by atoms with Crippen molar-refractivity contribution in [3.63, 3.8) is 0 Å². The van der Waals surface area contributed by atoms with E-state index in [4.69, 9.17) is 46.9 Å². The largest absolute Gasteiger partial charge is 0.508 e. The smallest absolute Gasteiger partial charge is 0.255 e.